The largest absolute Gasteiger partial charge is 0.383 e. The molecule has 1 aromatic heterocycles. The van der Waals surface area contributed by atoms with Crippen LogP contribution < -0.4 is 5.32 Å². The molecule has 1 heterocycles. The van der Waals surface area contributed by atoms with E-state index in [1.165, 1.54) is 0 Å². The molecule has 0 saturated heterocycles. The Hall–Kier alpha value is -1.17. The molecule has 0 bridgehead atoms. The van der Waals surface area contributed by atoms with Crippen LogP contribution in [0.25, 0.3) is 0 Å². The lowest BCUT2D eigenvalue weighted by Crippen LogP contribution is -2.15. The molecule has 1 N–H and O–H groups in total. The number of rotatable bonds is 6. The zero-order valence-corrected chi connectivity index (χ0v) is 7.91. The minimum atomic E-state index is -2.37. The number of aromatic nitrogens is 2. The van der Waals surface area contributed by atoms with Crippen molar-refractivity contribution in [2.45, 2.75) is 13.0 Å². The van der Waals surface area contributed by atoms with E-state index in [0.717, 1.165) is 0 Å². The summed E-state index contributed by atoms with van der Waals surface area (Å²) in [5.41, 5.74) is 0. The van der Waals surface area contributed by atoms with Gasteiger partial charge >= 0.3 is 0 Å². The SMILES string of the molecule is COCCn1ccnc1NCC(F)F. The van der Waals surface area contributed by atoms with Crippen LogP contribution in [-0.2, 0) is 11.3 Å². The normalized spacial score (nSPS) is 10.9. The summed E-state index contributed by atoms with van der Waals surface area (Å²) in [6.07, 6.45) is 0.901. The molecule has 0 fully saturated rings. The maximum absolute atomic E-state index is 11.9. The van der Waals surface area contributed by atoms with E-state index in [9.17, 15) is 8.78 Å². The van der Waals surface area contributed by atoms with Gasteiger partial charge in [0.2, 0.25) is 5.95 Å². The Morgan fingerprint density at radius 3 is 3.07 bits per heavy atom. The van der Waals surface area contributed by atoms with Gasteiger partial charge in [0.25, 0.3) is 6.43 Å². The zero-order chi connectivity index (χ0) is 10.4. The minimum absolute atomic E-state index is 0.385. The monoisotopic (exact) mass is 205 g/mol. The van der Waals surface area contributed by atoms with Crippen LogP contribution in [0.3, 0.4) is 0 Å². The molecule has 0 aliphatic heterocycles. The molecule has 0 unspecified atom stereocenters. The smallest absolute Gasteiger partial charge is 0.255 e. The highest BCUT2D eigenvalue weighted by molar-refractivity contribution is 5.25. The Bertz CT molecular complexity index is 265. The van der Waals surface area contributed by atoms with Crippen LogP contribution in [0.4, 0.5) is 14.7 Å². The van der Waals surface area contributed by atoms with Crippen molar-refractivity contribution in [3.63, 3.8) is 0 Å². The van der Waals surface area contributed by atoms with Gasteiger partial charge in [-0.3, -0.25) is 0 Å². The predicted octanol–water partition coefficient (Wildman–Crippen LogP) is 1.21. The summed E-state index contributed by atoms with van der Waals surface area (Å²) in [4.78, 5) is 3.90. The second-order valence-electron chi connectivity index (χ2n) is 2.71. The van der Waals surface area contributed by atoms with Gasteiger partial charge in [-0.15, -0.1) is 0 Å². The topological polar surface area (TPSA) is 39.1 Å². The number of imidazole rings is 1. The van der Waals surface area contributed by atoms with E-state index in [0.29, 0.717) is 19.1 Å². The highest BCUT2D eigenvalue weighted by Crippen LogP contribution is 2.04. The van der Waals surface area contributed by atoms with Gasteiger partial charge < -0.3 is 14.6 Å². The highest BCUT2D eigenvalue weighted by atomic mass is 19.3. The molecule has 0 amide bonds. The van der Waals surface area contributed by atoms with E-state index in [1.807, 2.05) is 0 Å². The van der Waals surface area contributed by atoms with Gasteiger partial charge in [0.1, 0.15) is 0 Å². The Balaban J connectivity index is 2.45. The first-order chi connectivity index (χ1) is 6.74. The average molecular weight is 205 g/mol. The third-order valence-corrected chi connectivity index (χ3v) is 1.67. The second kappa shape index (κ2) is 5.54. The summed E-state index contributed by atoms with van der Waals surface area (Å²) in [5.74, 6) is 0.447. The summed E-state index contributed by atoms with van der Waals surface area (Å²) in [6, 6.07) is 0. The fraction of sp³-hybridized carbons (Fsp3) is 0.625. The van der Waals surface area contributed by atoms with Gasteiger partial charge in [0.15, 0.2) is 0 Å². The third-order valence-electron chi connectivity index (χ3n) is 1.67. The molecular formula is C8H13F2N3O. The molecule has 0 atom stereocenters. The fourth-order valence-corrected chi connectivity index (χ4v) is 1.01. The molecule has 1 rings (SSSR count). The Kier molecular flexibility index (Phi) is 4.31. The van der Waals surface area contributed by atoms with Crippen molar-refractivity contribution in [2.24, 2.45) is 0 Å². The van der Waals surface area contributed by atoms with Gasteiger partial charge in [0.05, 0.1) is 13.2 Å². The second-order valence-corrected chi connectivity index (χ2v) is 2.71. The maximum Gasteiger partial charge on any atom is 0.255 e. The number of nitrogens with zero attached hydrogens (tertiary/aromatic N) is 2. The van der Waals surface area contributed by atoms with Crippen molar-refractivity contribution in [1.29, 1.82) is 0 Å². The maximum atomic E-state index is 11.9. The zero-order valence-electron chi connectivity index (χ0n) is 7.91. The van der Waals surface area contributed by atoms with Gasteiger partial charge in [-0.05, 0) is 0 Å². The van der Waals surface area contributed by atoms with Crippen LogP contribution in [0.15, 0.2) is 12.4 Å². The van der Waals surface area contributed by atoms with Crippen molar-refractivity contribution >= 4 is 5.95 Å². The van der Waals surface area contributed by atoms with E-state index < -0.39 is 6.43 Å². The van der Waals surface area contributed by atoms with Crippen LogP contribution in [0.5, 0.6) is 0 Å². The number of alkyl halides is 2. The minimum Gasteiger partial charge on any atom is -0.383 e. The lowest BCUT2D eigenvalue weighted by Gasteiger charge is -2.08. The van der Waals surface area contributed by atoms with Crippen LogP contribution in [0.1, 0.15) is 0 Å². The van der Waals surface area contributed by atoms with Gasteiger partial charge in [-0.1, -0.05) is 0 Å². The summed E-state index contributed by atoms with van der Waals surface area (Å²) in [5, 5.41) is 2.55. The first-order valence-electron chi connectivity index (χ1n) is 4.26. The molecule has 0 aliphatic carbocycles. The lowest BCUT2D eigenvalue weighted by molar-refractivity contribution is 0.162. The van der Waals surface area contributed by atoms with Crippen molar-refractivity contribution in [3.05, 3.63) is 12.4 Å². The number of anilines is 1. The lowest BCUT2D eigenvalue weighted by atomic mass is 10.6. The van der Waals surface area contributed by atoms with Crippen LogP contribution >= 0.6 is 0 Å². The molecule has 14 heavy (non-hydrogen) atoms. The molecule has 4 nitrogen and oxygen atoms in total. The van der Waals surface area contributed by atoms with Crippen LogP contribution in [0.2, 0.25) is 0 Å². The molecule has 0 radical (unpaired) electrons. The number of hydrogen-bond donors (Lipinski definition) is 1. The Morgan fingerprint density at radius 2 is 2.43 bits per heavy atom. The molecular weight excluding hydrogens is 192 g/mol. The first kappa shape index (κ1) is 10.9. The molecule has 0 aromatic carbocycles. The van der Waals surface area contributed by atoms with Crippen molar-refractivity contribution in [2.75, 3.05) is 25.6 Å². The van der Waals surface area contributed by atoms with Crippen molar-refractivity contribution in [1.82, 2.24) is 9.55 Å². The number of hydrogen-bond acceptors (Lipinski definition) is 3. The molecule has 0 saturated carbocycles. The third kappa shape index (κ3) is 3.29. The van der Waals surface area contributed by atoms with Crippen molar-refractivity contribution < 1.29 is 13.5 Å². The van der Waals surface area contributed by atoms with Gasteiger partial charge in [0, 0.05) is 26.0 Å². The summed E-state index contributed by atoms with van der Waals surface area (Å²) < 4.78 is 30.4. The molecule has 80 valence electrons. The molecule has 1 aromatic rings. The van der Waals surface area contributed by atoms with E-state index in [-0.39, 0.29) is 6.54 Å². The fourth-order valence-electron chi connectivity index (χ4n) is 1.01. The Morgan fingerprint density at radius 1 is 1.64 bits per heavy atom. The number of halogens is 2. The van der Waals surface area contributed by atoms with Gasteiger partial charge in [-0.2, -0.15) is 0 Å². The van der Waals surface area contributed by atoms with E-state index >= 15 is 0 Å². The van der Waals surface area contributed by atoms with E-state index in [1.54, 1.807) is 24.1 Å². The number of methoxy groups -OCH3 is 1. The summed E-state index contributed by atoms with van der Waals surface area (Å²) in [7, 11) is 1.59. The molecule has 0 spiro atoms. The quantitative estimate of drug-likeness (QED) is 0.758. The van der Waals surface area contributed by atoms with Crippen molar-refractivity contribution in [3.8, 4) is 0 Å². The molecule has 0 aliphatic rings. The van der Waals surface area contributed by atoms with E-state index in [4.69, 9.17) is 4.74 Å². The first-order valence-corrected chi connectivity index (χ1v) is 4.26. The number of nitrogens with one attached hydrogen (secondary N) is 1. The number of ether oxygens (including phenoxy) is 1. The highest BCUT2D eigenvalue weighted by Gasteiger charge is 2.05. The Labute approximate surface area is 80.9 Å². The average Bonchev–Trinajstić information content (AvgIpc) is 2.58. The predicted molar refractivity (Wildman–Crippen MR) is 48.6 cm³/mol. The van der Waals surface area contributed by atoms with E-state index in [2.05, 4.69) is 10.3 Å². The van der Waals surface area contributed by atoms with Gasteiger partial charge in [-0.25, -0.2) is 13.8 Å². The van der Waals surface area contributed by atoms with Crippen LogP contribution in [0, 0.1) is 0 Å². The molecule has 6 heteroatoms. The summed E-state index contributed by atoms with van der Waals surface area (Å²) in [6.45, 7) is 0.742. The van der Waals surface area contributed by atoms with Crippen LogP contribution in [-0.4, -0.2) is 36.2 Å². The summed E-state index contributed by atoms with van der Waals surface area (Å²) >= 11 is 0. The standard InChI is InChI=1S/C8H13F2N3O/c1-14-5-4-13-3-2-11-8(13)12-6-7(9)10/h2-3,7H,4-6H2,1H3,(H,11,12).